The van der Waals surface area contributed by atoms with Crippen molar-refractivity contribution in [3.8, 4) is 0 Å². The van der Waals surface area contributed by atoms with Gasteiger partial charge in [-0.05, 0) is 18.6 Å². The second kappa shape index (κ2) is 5.16. The first-order valence-corrected chi connectivity index (χ1v) is 7.16. The third-order valence-corrected chi connectivity index (χ3v) is 5.09. The van der Waals surface area contributed by atoms with E-state index in [0.717, 1.165) is 11.4 Å². The van der Waals surface area contributed by atoms with Crippen LogP contribution in [0.1, 0.15) is 41.3 Å². The Hall–Kier alpha value is -0.590. The number of thiazole rings is 1. The molecule has 0 spiro atoms. The standard InChI is InChI=1S/C10H14N2O2S2/c11-8(10(13)14)6-5-16-9(12-6)7-3-1-2-4-15-7/h5,7-8H,1-4,11H2,(H,13,14). The van der Waals surface area contributed by atoms with Crippen LogP contribution in [0.3, 0.4) is 0 Å². The molecule has 2 unspecified atom stereocenters. The summed E-state index contributed by atoms with van der Waals surface area (Å²) < 4.78 is 0. The molecule has 88 valence electrons. The van der Waals surface area contributed by atoms with E-state index in [9.17, 15) is 4.79 Å². The predicted molar refractivity (Wildman–Crippen MR) is 65.7 cm³/mol. The van der Waals surface area contributed by atoms with Crippen molar-refractivity contribution in [2.75, 3.05) is 5.75 Å². The molecule has 2 rings (SSSR count). The summed E-state index contributed by atoms with van der Waals surface area (Å²) in [5.41, 5.74) is 6.00. The van der Waals surface area contributed by atoms with Crippen LogP contribution in [-0.4, -0.2) is 21.8 Å². The van der Waals surface area contributed by atoms with Crippen LogP contribution in [0.4, 0.5) is 0 Å². The van der Waals surface area contributed by atoms with Crippen LogP contribution in [0.15, 0.2) is 5.38 Å². The summed E-state index contributed by atoms with van der Waals surface area (Å²) in [6, 6.07) is -0.987. The van der Waals surface area contributed by atoms with E-state index in [4.69, 9.17) is 10.8 Å². The van der Waals surface area contributed by atoms with E-state index in [2.05, 4.69) is 4.98 Å². The summed E-state index contributed by atoms with van der Waals surface area (Å²) in [5.74, 6) is 0.151. The Morgan fingerprint density at radius 3 is 3.06 bits per heavy atom. The molecule has 1 aromatic rings. The van der Waals surface area contributed by atoms with Gasteiger partial charge >= 0.3 is 5.97 Å². The van der Waals surface area contributed by atoms with Gasteiger partial charge in [0.1, 0.15) is 11.0 Å². The number of thioether (sulfide) groups is 1. The minimum Gasteiger partial charge on any atom is -0.480 e. The van der Waals surface area contributed by atoms with Crippen LogP contribution in [0.5, 0.6) is 0 Å². The van der Waals surface area contributed by atoms with Crippen molar-refractivity contribution < 1.29 is 9.90 Å². The number of hydrogen-bond acceptors (Lipinski definition) is 5. The molecule has 1 aliphatic rings. The summed E-state index contributed by atoms with van der Waals surface area (Å²) in [5, 5.41) is 12.0. The van der Waals surface area contributed by atoms with E-state index in [0.29, 0.717) is 10.9 Å². The van der Waals surface area contributed by atoms with Crippen molar-refractivity contribution in [1.29, 1.82) is 0 Å². The lowest BCUT2D eigenvalue weighted by Gasteiger charge is -2.18. The maximum absolute atomic E-state index is 10.7. The van der Waals surface area contributed by atoms with Gasteiger partial charge in [-0.2, -0.15) is 11.8 Å². The van der Waals surface area contributed by atoms with Gasteiger partial charge in [0.15, 0.2) is 0 Å². The molecule has 2 heterocycles. The number of nitrogens with two attached hydrogens (primary N) is 1. The third-order valence-electron chi connectivity index (χ3n) is 2.58. The summed E-state index contributed by atoms with van der Waals surface area (Å²) in [6.45, 7) is 0. The molecule has 0 aromatic carbocycles. The Kier molecular flexibility index (Phi) is 3.83. The highest BCUT2D eigenvalue weighted by molar-refractivity contribution is 7.99. The molecule has 1 fully saturated rings. The Morgan fingerprint density at radius 1 is 1.62 bits per heavy atom. The van der Waals surface area contributed by atoms with E-state index in [-0.39, 0.29) is 0 Å². The summed E-state index contributed by atoms with van der Waals surface area (Å²) in [4.78, 5) is 15.1. The number of carboxylic acid groups (broad SMARTS) is 1. The predicted octanol–water partition coefficient (Wildman–Crippen LogP) is 2.19. The van der Waals surface area contributed by atoms with Crippen LogP contribution in [0, 0.1) is 0 Å². The molecule has 0 bridgehead atoms. The van der Waals surface area contributed by atoms with E-state index in [1.165, 1.54) is 29.9 Å². The van der Waals surface area contributed by atoms with Gasteiger partial charge in [-0.15, -0.1) is 11.3 Å². The van der Waals surface area contributed by atoms with Crippen molar-refractivity contribution in [3.63, 3.8) is 0 Å². The first kappa shape index (κ1) is 11.9. The van der Waals surface area contributed by atoms with E-state index < -0.39 is 12.0 Å². The van der Waals surface area contributed by atoms with E-state index >= 15 is 0 Å². The fourth-order valence-electron chi connectivity index (χ4n) is 1.65. The topological polar surface area (TPSA) is 76.2 Å². The van der Waals surface area contributed by atoms with Crippen molar-refractivity contribution in [2.24, 2.45) is 5.73 Å². The van der Waals surface area contributed by atoms with Crippen LogP contribution in [-0.2, 0) is 4.79 Å². The average molecular weight is 258 g/mol. The highest BCUT2D eigenvalue weighted by Crippen LogP contribution is 2.39. The average Bonchev–Trinajstić information content (AvgIpc) is 2.78. The molecule has 0 radical (unpaired) electrons. The van der Waals surface area contributed by atoms with E-state index in [1.54, 1.807) is 5.38 Å². The summed E-state index contributed by atoms with van der Waals surface area (Å²) >= 11 is 3.44. The molecule has 1 aromatic heterocycles. The number of carbonyl (C=O) groups is 1. The molecular weight excluding hydrogens is 244 g/mol. The van der Waals surface area contributed by atoms with E-state index in [1.807, 2.05) is 11.8 Å². The number of carboxylic acids is 1. The van der Waals surface area contributed by atoms with Crippen molar-refractivity contribution in [1.82, 2.24) is 4.98 Å². The molecular formula is C10H14N2O2S2. The number of nitrogens with zero attached hydrogens (tertiary/aromatic N) is 1. The minimum atomic E-state index is -1.02. The van der Waals surface area contributed by atoms with Crippen LogP contribution in [0.2, 0.25) is 0 Å². The summed E-state index contributed by atoms with van der Waals surface area (Å²) in [7, 11) is 0. The molecule has 6 heteroatoms. The lowest BCUT2D eigenvalue weighted by molar-refractivity contribution is -0.138. The Balaban J connectivity index is 2.09. The molecule has 1 aliphatic heterocycles. The molecule has 16 heavy (non-hydrogen) atoms. The molecule has 4 nitrogen and oxygen atoms in total. The van der Waals surface area contributed by atoms with Gasteiger partial charge in [-0.3, -0.25) is 4.79 Å². The highest BCUT2D eigenvalue weighted by Gasteiger charge is 2.22. The van der Waals surface area contributed by atoms with Gasteiger partial charge in [0.05, 0.1) is 10.9 Å². The Bertz CT molecular complexity index is 375. The molecule has 1 saturated heterocycles. The molecule has 3 N–H and O–H groups in total. The number of rotatable bonds is 3. The highest BCUT2D eigenvalue weighted by atomic mass is 32.2. The van der Waals surface area contributed by atoms with Crippen molar-refractivity contribution in [2.45, 2.75) is 30.6 Å². The van der Waals surface area contributed by atoms with Gasteiger partial charge in [0, 0.05) is 5.38 Å². The number of aromatic nitrogens is 1. The fraction of sp³-hybridized carbons (Fsp3) is 0.600. The second-order valence-corrected chi connectivity index (χ2v) is 5.98. The lowest BCUT2D eigenvalue weighted by atomic mass is 10.2. The van der Waals surface area contributed by atoms with Crippen molar-refractivity contribution in [3.05, 3.63) is 16.1 Å². The Morgan fingerprint density at radius 2 is 2.44 bits per heavy atom. The van der Waals surface area contributed by atoms with Crippen molar-refractivity contribution >= 4 is 29.1 Å². The largest absolute Gasteiger partial charge is 0.480 e. The zero-order valence-corrected chi connectivity index (χ0v) is 10.4. The van der Waals surface area contributed by atoms with Crippen LogP contribution < -0.4 is 5.73 Å². The monoisotopic (exact) mass is 258 g/mol. The quantitative estimate of drug-likeness (QED) is 0.869. The van der Waals surface area contributed by atoms with Crippen LogP contribution >= 0.6 is 23.1 Å². The van der Waals surface area contributed by atoms with Gasteiger partial charge in [0.2, 0.25) is 0 Å². The summed E-state index contributed by atoms with van der Waals surface area (Å²) in [6.07, 6.45) is 3.64. The number of aliphatic carboxylic acids is 1. The lowest BCUT2D eigenvalue weighted by Crippen LogP contribution is -2.21. The maximum Gasteiger partial charge on any atom is 0.326 e. The zero-order valence-electron chi connectivity index (χ0n) is 8.76. The Labute approximate surface area is 102 Å². The van der Waals surface area contributed by atoms with Gasteiger partial charge < -0.3 is 10.8 Å². The molecule has 0 amide bonds. The minimum absolute atomic E-state index is 0.438. The molecule has 0 aliphatic carbocycles. The molecule has 2 atom stereocenters. The fourth-order valence-corrected chi connectivity index (χ4v) is 4.08. The van der Waals surface area contributed by atoms with Gasteiger partial charge in [-0.1, -0.05) is 6.42 Å². The first-order chi connectivity index (χ1) is 7.68. The maximum atomic E-state index is 10.7. The normalized spacial score (nSPS) is 22.9. The van der Waals surface area contributed by atoms with Gasteiger partial charge in [0.25, 0.3) is 0 Å². The second-order valence-electron chi connectivity index (χ2n) is 3.78. The molecule has 0 saturated carbocycles. The first-order valence-electron chi connectivity index (χ1n) is 5.24. The van der Waals surface area contributed by atoms with Crippen LogP contribution in [0.25, 0.3) is 0 Å². The third kappa shape index (κ3) is 2.56. The SMILES string of the molecule is NC(C(=O)O)c1csc(C2CCCCS2)n1. The van der Waals surface area contributed by atoms with Gasteiger partial charge in [-0.25, -0.2) is 4.98 Å². The smallest absolute Gasteiger partial charge is 0.326 e. The number of hydrogen-bond donors (Lipinski definition) is 2. The zero-order chi connectivity index (χ0) is 11.5.